The first-order chi connectivity index (χ1) is 8.54. The van der Waals surface area contributed by atoms with Crippen LogP contribution < -0.4 is 20.1 Å². The summed E-state index contributed by atoms with van der Waals surface area (Å²) >= 11 is 0. The topological polar surface area (TPSA) is 85.0 Å². The molecule has 0 saturated carbocycles. The van der Waals surface area contributed by atoms with E-state index in [2.05, 4.69) is 0 Å². The molecule has 0 aliphatic heterocycles. The highest BCUT2D eigenvalue weighted by atomic mass is 16.5. The largest absolute Gasteiger partial charge is 0.497 e. The first-order valence-corrected chi connectivity index (χ1v) is 5.41. The van der Waals surface area contributed by atoms with Crippen molar-refractivity contribution in [2.75, 3.05) is 32.8 Å². The summed E-state index contributed by atoms with van der Waals surface area (Å²) in [6.07, 6.45) is 0. The highest BCUT2D eigenvalue weighted by Crippen LogP contribution is 2.31. The van der Waals surface area contributed by atoms with Crippen molar-refractivity contribution in [3.8, 4) is 11.5 Å². The molecule has 0 heterocycles. The fourth-order valence-corrected chi connectivity index (χ4v) is 1.50. The van der Waals surface area contributed by atoms with E-state index >= 15 is 0 Å². The van der Waals surface area contributed by atoms with Crippen LogP contribution in [0.25, 0.3) is 0 Å². The minimum absolute atomic E-state index is 0.399. The zero-order chi connectivity index (χ0) is 13.7. The Labute approximate surface area is 106 Å². The van der Waals surface area contributed by atoms with Crippen molar-refractivity contribution in [3.63, 3.8) is 0 Å². The van der Waals surface area contributed by atoms with Crippen molar-refractivity contribution < 1.29 is 19.4 Å². The molecule has 1 rings (SSSR count). The Kier molecular flexibility index (Phi) is 4.94. The highest BCUT2D eigenvalue weighted by molar-refractivity contribution is 5.98. The fraction of sp³-hybridized carbons (Fsp3) is 0.417. The minimum atomic E-state index is -0.953. The zero-order valence-corrected chi connectivity index (χ0v) is 10.7. The van der Waals surface area contributed by atoms with Crippen LogP contribution in [-0.4, -0.2) is 44.9 Å². The van der Waals surface area contributed by atoms with Crippen LogP contribution in [0.15, 0.2) is 18.2 Å². The number of carbonyl (C=O) groups excluding carboxylic acids is 1. The third kappa shape index (κ3) is 2.91. The minimum Gasteiger partial charge on any atom is -0.497 e. The van der Waals surface area contributed by atoms with E-state index in [1.165, 1.54) is 19.1 Å². The number of hydrogen-bond acceptors (Lipinski definition) is 5. The van der Waals surface area contributed by atoms with Gasteiger partial charge in [-0.05, 0) is 12.1 Å². The van der Waals surface area contributed by atoms with Gasteiger partial charge in [-0.2, -0.15) is 0 Å². The lowest BCUT2D eigenvalue weighted by atomic mass is 10.2. The lowest BCUT2D eigenvalue weighted by Crippen LogP contribution is -2.44. The van der Waals surface area contributed by atoms with Gasteiger partial charge in [0.1, 0.15) is 17.5 Å². The molecule has 0 aliphatic rings. The van der Waals surface area contributed by atoms with Crippen molar-refractivity contribution in [2.24, 2.45) is 5.73 Å². The number of methoxy groups -OCH3 is 2. The smallest absolute Gasteiger partial charge is 0.246 e. The van der Waals surface area contributed by atoms with Crippen molar-refractivity contribution in [1.82, 2.24) is 0 Å². The van der Waals surface area contributed by atoms with Crippen LogP contribution in [0.3, 0.4) is 0 Å². The van der Waals surface area contributed by atoms with Gasteiger partial charge in [0, 0.05) is 13.1 Å². The summed E-state index contributed by atoms with van der Waals surface area (Å²) in [5, 5.41) is 8.90. The average Bonchev–Trinajstić information content (AvgIpc) is 2.43. The van der Waals surface area contributed by atoms with Crippen LogP contribution in [0.4, 0.5) is 5.69 Å². The molecule has 1 unspecified atom stereocenters. The Hall–Kier alpha value is -1.79. The molecular formula is C12H18N2O4. The molecule has 1 atom stereocenters. The third-order valence-corrected chi connectivity index (χ3v) is 2.59. The Balaban J connectivity index is 3.09. The van der Waals surface area contributed by atoms with Gasteiger partial charge in [-0.25, -0.2) is 0 Å². The van der Waals surface area contributed by atoms with E-state index in [1.54, 1.807) is 25.2 Å². The molecule has 0 saturated heterocycles. The molecule has 0 aliphatic carbocycles. The zero-order valence-electron chi connectivity index (χ0n) is 10.7. The summed E-state index contributed by atoms with van der Waals surface area (Å²) in [7, 11) is 4.61. The maximum absolute atomic E-state index is 11.9. The maximum Gasteiger partial charge on any atom is 0.246 e. The van der Waals surface area contributed by atoms with Gasteiger partial charge in [-0.1, -0.05) is 0 Å². The summed E-state index contributed by atoms with van der Waals surface area (Å²) in [5.41, 5.74) is 6.04. The number of anilines is 1. The molecule has 0 fully saturated rings. The molecule has 0 spiro atoms. The number of aliphatic hydroxyl groups excluding tert-OH is 1. The number of nitrogens with zero attached hydrogens (tertiary/aromatic N) is 1. The molecule has 1 aromatic carbocycles. The van der Waals surface area contributed by atoms with Crippen molar-refractivity contribution in [3.05, 3.63) is 18.2 Å². The van der Waals surface area contributed by atoms with E-state index in [1.807, 2.05) is 0 Å². The second-order valence-corrected chi connectivity index (χ2v) is 3.72. The van der Waals surface area contributed by atoms with Crippen LogP contribution in [0.1, 0.15) is 0 Å². The van der Waals surface area contributed by atoms with E-state index in [-0.39, 0.29) is 0 Å². The van der Waals surface area contributed by atoms with Gasteiger partial charge in [-0.3, -0.25) is 4.79 Å². The van der Waals surface area contributed by atoms with Gasteiger partial charge in [-0.15, -0.1) is 0 Å². The predicted octanol–water partition coefficient (Wildman–Crippen LogP) is -0.0138. The van der Waals surface area contributed by atoms with E-state index < -0.39 is 18.6 Å². The number of amides is 1. The van der Waals surface area contributed by atoms with Crippen LogP contribution in [0.2, 0.25) is 0 Å². The number of benzene rings is 1. The van der Waals surface area contributed by atoms with Gasteiger partial charge in [0.05, 0.1) is 26.5 Å². The molecule has 6 nitrogen and oxygen atoms in total. The molecule has 100 valence electrons. The quantitative estimate of drug-likeness (QED) is 0.771. The van der Waals surface area contributed by atoms with Crippen LogP contribution in [-0.2, 0) is 4.79 Å². The molecule has 3 N–H and O–H groups in total. The molecule has 1 aromatic rings. The molecule has 1 amide bonds. The monoisotopic (exact) mass is 254 g/mol. The van der Waals surface area contributed by atoms with E-state index in [0.717, 1.165) is 0 Å². The van der Waals surface area contributed by atoms with Gasteiger partial charge >= 0.3 is 0 Å². The van der Waals surface area contributed by atoms with Gasteiger partial charge in [0.15, 0.2) is 0 Å². The molecule has 0 radical (unpaired) electrons. The first kappa shape index (κ1) is 14.3. The van der Waals surface area contributed by atoms with E-state index in [4.69, 9.17) is 20.3 Å². The van der Waals surface area contributed by atoms with Crippen LogP contribution >= 0.6 is 0 Å². The molecule has 0 aromatic heterocycles. The fourth-order valence-electron chi connectivity index (χ4n) is 1.50. The van der Waals surface area contributed by atoms with Gasteiger partial charge in [0.25, 0.3) is 0 Å². The Bertz CT molecular complexity index is 423. The van der Waals surface area contributed by atoms with Crippen LogP contribution in [0, 0.1) is 0 Å². The second-order valence-electron chi connectivity index (χ2n) is 3.72. The SMILES string of the molecule is COc1ccc(OC)c(N(C)C(=O)C(N)CO)c1. The Morgan fingerprint density at radius 2 is 2.11 bits per heavy atom. The molecular weight excluding hydrogens is 236 g/mol. The number of carbonyl (C=O) groups is 1. The third-order valence-electron chi connectivity index (χ3n) is 2.59. The summed E-state index contributed by atoms with van der Waals surface area (Å²) in [4.78, 5) is 13.2. The summed E-state index contributed by atoms with van der Waals surface area (Å²) in [5.74, 6) is 0.726. The molecule has 18 heavy (non-hydrogen) atoms. The summed E-state index contributed by atoms with van der Waals surface area (Å²) < 4.78 is 10.3. The average molecular weight is 254 g/mol. The lowest BCUT2D eigenvalue weighted by Gasteiger charge is -2.22. The molecule has 0 bridgehead atoms. The molecule has 6 heteroatoms. The van der Waals surface area contributed by atoms with Crippen LogP contribution in [0.5, 0.6) is 11.5 Å². The van der Waals surface area contributed by atoms with Crippen molar-refractivity contribution in [2.45, 2.75) is 6.04 Å². The lowest BCUT2D eigenvalue weighted by molar-refractivity contribution is -0.120. The van der Waals surface area contributed by atoms with Crippen molar-refractivity contribution >= 4 is 11.6 Å². The standard InChI is InChI=1S/C12H18N2O4/c1-14(12(16)9(13)7-15)10-6-8(17-2)4-5-11(10)18-3/h4-6,9,15H,7,13H2,1-3H3. The summed E-state index contributed by atoms with van der Waals surface area (Å²) in [6.45, 7) is -0.407. The Morgan fingerprint density at radius 3 is 2.61 bits per heavy atom. The van der Waals surface area contributed by atoms with Gasteiger partial charge < -0.3 is 25.2 Å². The first-order valence-electron chi connectivity index (χ1n) is 5.41. The van der Waals surface area contributed by atoms with Crippen molar-refractivity contribution in [1.29, 1.82) is 0 Å². The summed E-state index contributed by atoms with van der Waals surface area (Å²) in [6, 6.07) is 4.14. The number of rotatable bonds is 5. The number of hydrogen-bond donors (Lipinski definition) is 2. The maximum atomic E-state index is 11.9. The normalized spacial score (nSPS) is 11.8. The predicted molar refractivity (Wildman–Crippen MR) is 68.0 cm³/mol. The number of aliphatic hydroxyl groups is 1. The number of ether oxygens (including phenoxy) is 2. The van der Waals surface area contributed by atoms with E-state index in [9.17, 15) is 4.79 Å². The number of likely N-dealkylation sites (N-methyl/N-ethyl adjacent to an activating group) is 1. The highest BCUT2D eigenvalue weighted by Gasteiger charge is 2.21. The van der Waals surface area contributed by atoms with Gasteiger partial charge in [0.2, 0.25) is 5.91 Å². The second kappa shape index (κ2) is 6.23. The Morgan fingerprint density at radius 1 is 1.44 bits per heavy atom. The van der Waals surface area contributed by atoms with E-state index in [0.29, 0.717) is 17.2 Å². The number of nitrogens with two attached hydrogens (primary N) is 1.